The highest BCUT2D eigenvalue weighted by Gasteiger charge is 2.16. The average molecular weight is 296 g/mol. The molecule has 21 heavy (non-hydrogen) atoms. The molecule has 3 nitrogen and oxygen atoms in total. The molecule has 1 heterocycles. The zero-order chi connectivity index (χ0) is 14.7. The third-order valence-electron chi connectivity index (χ3n) is 3.24. The molecule has 106 valence electrons. The summed E-state index contributed by atoms with van der Waals surface area (Å²) in [6, 6.07) is 18.2. The van der Waals surface area contributed by atoms with Crippen molar-refractivity contribution in [1.82, 2.24) is 4.98 Å². The Morgan fingerprint density at radius 3 is 2.48 bits per heavy atom. The second-order valence-electron chi connectivity index (χ2n) is 4.56. The van der Waals surface area contributed by atoms with Gasteiger partial charge in [-0.15, -0.1) is 11.3 Å². The molecular formula is C17H16N2OS. The summed E-state index contributed by atoms with van der Waals surface area (Å²) in [5.74, 6) is 0.849. The summed E-state index contributed by atoms with van der Waals surface area (Å²) in [5, 5.41) is 0.926. The van der Waals surface area contributed by atoms with Crippen LogP contribution < -0.4 is 10.5 Å². The molecule has 0 bridgehead atoms. The van der Waals surface area contributed by atoms with Gasteiger partial charge >= 0.3 is 0 Å². The molecule has 0 aliphatic carbocycles. The second-order valence-corrected chi connectivity index (χ2v) is 5.64. The fourth-order valence-corrected chi connectivity index (χ4v) is 3.25. The molecule has 2 N–H and O–H groups in total. The van der Waals surface area contributed by atoms with Gasteiger partial charge in [0.2, 0.25) is 0 Å². The number of hydrogen-bond acceptors (Lipinski definition) is 4. The fourth-order valence-electron chi connectivity index (χ4n) is 2.26. The lowest BCUT2D eigenvalue weighted by molar-refractivity contribution is 0.416. The molecule has 0 aliphatic heterocycles. The highest BCUT2D eigenvalue weighted by molar-refractivity contribution is 7.15. The number of rotatable bonds is 4. The number of methoxy groups -OCH3 is 1. The van der Waals surface area contributed by atoms with Gasteiger partial charge in [-0.3, -0.25) is 0 Å². The Balaban J connectivity index is 2.20. The van der Waals surface area contributed by atoms with E-state index in [9.17, 15) is 0 Å². The van der Waals surface area contributed by atoms with Gasteiger partial charge in [0.05, 0.1) is 17.7 Å². The predicted molar refractivity (Wildman–Crippen MR) is 87.4 cm³/mol. The number of aromatic nitrogens is 1. The summed E-state index contributed by atoms with van der Waals surface area (Å²) < 4.78 is 5.48. The van der Waals surface area contributed by atoms with Crippen molar-refractivity contribution < 1.29 is 4.74 Å². The Morgan fingerprint density at radius 1 is 1.05 bits per heavy atom. The van der Waals surface area contributed by atoms with Crippen molar-refractivity contribution in [2.75, 3.05) is 7.11 Å². The number of ether oxygens (including phenoxy) is 1. The van der Waals surface area contributed by atoms with Gasteiger partial charge in [-0.1, -0.05) is 42.5 Å². The monoisotopic (exact) mass is 296 g/mol. The minimum absolute atomic E-state index is 0.444. The van der Waals surface area contributed by atoms with Crippen LogP contribution in [0.5, 0.6) is 5.75 Å². The fraction of sp³-hybridized carbons (Fsp3) is 0.118. The summed E-state index contributed by atoms with van der Waals surface area (Å²) in [7, 11) is 1.69. The largest absolute Gasteiger partial charge is 0.496 e. The Kier molecular flexibility index (Phi) is 3.99. The number of nitrogens with two attached hydrogens (primary N) is 1. The van der Waals surface area contributed by atoms with Gasteiger partial charge in [0.1, 0.15) is 10.8 Å². The van der Waals surface area contributed by atoms with E-state index in [1.807, 2.05) is 36.4 Å². The van der Waals surface area contributed by atoms with Crippen LogP contribution >= 0.6 is 11.3 Å². The van der Waals surface area contributed by atoms with Crippen LogP contribution in [0.1, 0.15) is 5.01 Å². The van der Waals surface area contributed by atoms with Crippen molar-refractivity contribution in [2.24, 2.45) is 5.73 Å². The standard InChI is InChI=1S/C17H16N2OS/c1-20-14-10-6-5-9-13(14)17-16(19-15(11-18)21-17)12-7-3-2-4-8-12/h2-10H,11,18H2,1H3. The quantitative estimate of drug-likeness (QED) is 0.793. The van der Waals surface area contributed by atoms with Crippen LogP contribution in [0.3, 0.4) is 0 Å². The number of hydrogen-bond donors (Lipinski definition) is 1. The third-order valence-corrected chi connectivity index (χ3v) is 4.36. The third kappa shape index (κ3) is 2.68. The molecule has 2 aromatic carbocycles. The van der Waals surface area contributed by atoms with E-state index in [-0.39, 0.29) is 0 Å². The first-order valence-electron chi connectivity index (χ1n) is 6.72. The Hall–Kier alpha value is -2.17. The molecule has 0 atom stereocenters. The van der Waals surface area contributed by atoms with E-state index < -0.39 is 0 Å². The molecule has 0 spiro atoms. The number of thiazole rings is 1. The minimum atomic E-state index is 0.444. The SMILES string of the molecule is COc1ccccc1-c1sc(CN)nc1-c1ccccc1. The van der Waals surface area contributed by atoms with Gasteiger partial charge in [-0.25, -0.2) is 4.98 Å². The van der Waals surface area contributed by atoms with E-state index >= 15 is 0 Å². The summed E-state index contributed by atoms with van der Waals surface area (Å²) >= 11 is 1.62. The molecule has 0 aliphatic rings. The number of benzene rings is 2. The zero-order valence-corrected chi connectivity index (χ0v) is 12.6. The van der Waals surface area contributed by atoms with E-state index in [0.717, 1.165) is 32.5 Å². The van der Waals surface area contributed by atoms with E-state index in [4.69, 9.17) is 10.5 Å². The lowest BCUT2D eigenvalue weighted by Gasteiger charge is -2.08. The summed E-state index contributed by atoms with van der Waals surface area (Å²) in [5.41, 5.74) is 8.88. The maximum atomic E-state index is 5.78. The lowest BCUT2D eigenvalue weighted by Crippen LogP contribution is -1.94. The van der Waals surface area contributed by atoms with Crippen LogP contribution in [0.25, 0.3) is 21.7 Å². The van der Waals surface area contributed by atoms with Crippen LogP contribution in [0.15, 0.2) is 54.6 Å². The van der Waals surface area contributed by atoms with Crippen LogP contribution in [-0.2, 0) is 6.54 Å². The molecule has 0 fully saturated rings. The normalized spacial score (nSPS) is 10.6. The predicted octanol–water partition coefficient (Wildman–Crippen LogP) is 3.94. The number of para-hydroxylation sites is 1. The average Bonchev–Trinajstić information content (AvgIpc) is 3.00. The van der Waals surface area contributed by atoms with E-state index in [0.29, 0.717) is 6.54 Å². The van der Waals surface area contributed by atoms with Crippen molar-refractivity contribution >= 4 is 11.3 Å². The molecule has 0 saturated carbocycles. The maximum absolute atomic E-state index is 5.78. The summed E-state index contributed by atoms with van der Waals surface area (Å²) in [6.45, 7) is 0.444. The highest BCUT2D eigenvalue weighted by atomic mass is 32.1. The molecular weight excluding hydrogens is 280 g/mol. The minimum Gasteiger partial charge on any atom is -0.496 e. The van der Waals surface area contributed by atoms with E-state index in [1.165, 1.54) is 0 Å². The summed E-state index contributed by atoms with van der Waals surface area (Å²) in [4.78, 5) is 5.79. The van der Waals surface area contributed by atoms with Crippen molar-refractivity contribution in [3.63, 3.8) is 0 Å². The van der Waals surface area contributed by atoms with Crippen molar-refractivity contribution in [2.45, 2.75) is 6.54 Å². The van der Waals surface area contributed by atoms with Crippen LogP contribution in [-0.4, -0.2) is 12.1 Å². The second kappa shape index (κ2) is 6.08. The zero-order valence-electron chi connectivity index (χ0n) is 11.7. The molecule has 0 amide bonds. The highest BCUT2D eigenvalue weighted by Crippen LogP contribution is 2.40. The first kappa shape index (κ1) is 13.8. The van der Waals surface area contributed by atoms with Gasteiger partial charge in [0, 0.05) is 17.7 Å². The molecule has 3 aromatic rings. The number of nitrogens with zero attached hydrogens (tertiary/aromatic N) is 1. The van der Waals surface area contributed by atoms with E-state index in [2.05, 4.69) is 23.2 Å². The first-order chi connectivity index (χ1) is 10.3. The molecule has 0 unspecified atom stereocenters. The van der Waals surface area contributed by atoms with Gasteiger partial charge in [-0.2, -0.15) is 0 Å². The van der Waals surface area contributed by atoms with E-state index in [1.54, 1.807) is 18.4 Å². The molecule has 4 heteroatoms. The Morgan fingerprint density at radius 2 is 1.76 bits per heavy atom. The topological polar surface area (TPSA) is 48.1 Å². The Labute approximate surface area is 128 Å². The molecule has 3 rings (SSSR count). The van der Waals surface area contributed by atoms with Gasteiger partial charge < -0.3 is 10.5 Å². The van der Waals surface area contributed by atoms with Crippen molar-refractivity contribution in [1.29, 1.82) is 0 Å². The molecule has 0 radical (unpaired) electrons. The van der Waals surface area contributed by atoms with Gasteiger partial charge in [0.25, 0.3) is 0 Å². The molecule has 1 aromatic heterocycles. The van der Waals surface area contributed by atoms with Crippen LogP contribution in [0.2, 0.25) is 0 Å². The lowest BCUT2D eigenvalue weighted by atomic mass is 10.1. The maximum Gasteiger partial charge on any atom is 0.127 e. The van der Waals surface area contributed by atoms with Crippen LogP contribution in [0, 0.1) is 0 Å². The van der Waals surface area contributed by atoms with Crippen molar-refractivity contribution in [3.8, 4) is 27.4 Å². The molecule has 0 saturated heterocycles. The van der Waals surface area contributed by atoms with Crippen molar-refractivity contribution in [3.05, 3.63) is 59.6 Å². The Bertz CT molecular complexity index is 738. The smallest absolute Gasteiger partial charge is 0.127 e. The summed E-state index contributed by atoms with van der Waals surface area (Å²) in [6.07, 6.45) is 0. The van der Waals surface area contributed by atoms with Gasteiger partial charge in [0.15, 0.2) is 0 Å². The van der Waals surface area contributed by atoms with Crippen LogP contribution in [0.4, 0.5) is 0 Å². The van der Waals surface area contributed by atoms with Gasteiger partial charge in [-0.05, 0) is 12.1 Å². The first-order valence-corrected chi connectivity index (χ1v) is 7.53.